The SMILES string of the molecule is Cc1cccc(-c2nc(Cc3ccnc(Cc4cc(C(=O)O)cs4)n3)c3cccn3n2)n1. The molecule has 0 aliphatic rings. The Kier molecular flexibility index (Phi) is 5.16. The Morgan fingerprint density at radius 2 is 2.00 bits per heavy atom. The minimum Gasteiger partial charge on any atom is -0.478 e. The molecule has 0 atom stereocenters. The molecule has 1 N–H and O–H groups in total. The van der Waals surface area contributed by atoms with Gasteiger partial charge in [0.1, 0.15) is 11.5 Å². The van der Waals surface area contributed by atoms with Crippen LogP contribution >= 0.6 is 11.3 Å². The zero-order chi connectivity index (χ0) is 22.1. The Hall–Kier alpha value is -3.98. The van der Waals surface area contributed by atoms with E-state index in [-0.39, 0.29) is 5.56 Å². The summed E-state index contributed by atoms with van der Waals surface area (Å²) in [6.07, 6.45) is 4.61. The first-order valence-electron chi connectivity index (χ1n) is 9.95. The van der Waals surface area contributed by atoms with Crippen molar-refractivity contribution in [2.24, 2.45) is 0 Å². The number of carboxylic acid groups (broad SMARTS) is 1. The van der Waals surface area contributed by atoms with Crippen molar-refractivity contribution in [3.8, 4) is 11.5 Å². The van der Waals surface area contributed by atoms with E-state index >= 15 is 0 Å². The molecular weight excluding hydrogens is 424 g/mol. The van der Waals surface area contributed by atoms with Gasteiger partial charge in [0.25, 0.3) is 0 Å². The number of thiophene rings is 1. The predicted molar refractivity (Wildman–Crippen MR) is 120 cm³/mol. The van der Waals surface area contributed by atoms with Gasteiger partial charge in [0.2, 0.25) is 0 Å². The van der Waals surface area contributed by atoms with Gasteiger partial charge >= 0.3 is 5.97 Å². The van der Waals surface area contributed by atoms with Gasteiger partial charge in [-0.2, -0.15) is 0 Å². The first kappa shape index (κ1) is 20.0. The molecule has 158 valence electrons. The predicted octanol–water partition coefficient (Wildman–Crippen LogP) is 3.83. The van der Waals surface area contributed by atoms with E-state index in [4.69, 9.17) is 10.1 Å². The van der Waals surface area contributed by atoms with Crippen molar-refractivity contribution in [3.63, 3.8) is 0 Å². The van der Waals surface area contributed by atoms with E-state index in [0.29, 0.717) is 24.5 Å². The lowest BCUT2D eigenvalue weighted by Gasteiger charge is -2.08. The van der Waals surface area contributed by atoms with Crippen LogP contribution in [-0.4, -0.2) is 40.6 Å². The van der Waals surface area contributed by atoms with Crippen LogP contribution in [0.15, 0.2) is 60.2 Å². The van der Waals surface area contributed by atoms with E-state index in [1.54, 1.807) is 17.6 Å². The number of rotatable bonds is 6. The number of pyridine rings is 1. The van der Waals surface area contributed by atoms with E-state index in [1.165, 1.54) is 11.3 Å². The lowest BCUT2D eigenvalue weighted by Crippen LogP contribution is -2.06. The van der Waals surface area contributed by atoms with Crippen LogP contribution in [0, 0.1) is 6.92 Å². The minimum absolute atomic E-state index is 0.287. The molecule has 5 aromatic heterocycles. The van der Waals surface area contributed by atoms with Crippen LogP contribution < -0.4 is 0 Å². The van der Waals surface area contributed by atoms with Gasteiger partial charge in [-0.05, 0) is 43.3 Å². The topological polar surface area (TPSA) is 106 Å². The van der Waals surface area contributed by atoms with Gasteiger partial charge in [-0.25, -0.2) is 29.2 Å². The summed E-state index contributed by atoms with van der Waals surface area (Å²) < 4.78 is 1.81. The summed E-state index contributed by atoms with van der Waals surface area (Å²) in [5, 5.41) is 15.4. The first-order chi connectivity index (χ1) is 15.5. The van der Waals surface area contributed by atoms with E-state index < -0.39 is 5.97 Å². The highest BCUT2D eigenvalue weighted by atomic mass is 32.1. The van der Waals surface area contributed by atoms with Gasteiger partial charge in [-0.3, -0.25) is 0 Å². The fraction of sp³-hybridized carbons (Fsp3) is 0.130. The van der Waals surface area contributed by atoms with Crippen LogP contribution in [0.25, 0.3) is 17.0 Å². The van der Waals surface area contributed by atoms with Gasteiger partial charge in [0, 0.05) is 41.2 Å². The van der Waals surface area contributed by atoms with Crippen LogP contribution in [0.4, 0.5) is 0 Å². The number of carboxylic acids is 1. The lowest BCUT2D eigenvalue weighted by molar-refractivity contribution is 0.0697. The maximum absolute atomic E-state index is 11.1. The summed E-state index contributed by atoms with van der Waals surface area (Å²) in [6.45, 7) is 1.94. The van der Waals surface area contributed by atoms with Crippen molar-refractivity contribution in [1.82, 2.24) is 29.5 Å². The second-order valence-electron chi connectivity index (χ2n) is 7.31. The van der Waals surface area contributed by atoms with Crippen LogP contribution in [0.5, 0.6) is 0 Å². The molecule has 0 aromatic carbocycles. The molecule has 0 fully saturated rings. The number of carbonyl (C=O) groups is 1. The molecule has 0 amide bonds. The third-order valence-electron chi connectivity index (χ3n) is 4.93. The van der Waals surface area contributed by atoms with E-state index in [2.05, 4.69) is 20.1 Å². The summed E-state index contributed by atoms with van der Waals surface area (Å²) in [7, 11) is 0. The Morgan fingerprint density at radius 1 is 1.09 bits per heavy atom. The van der Waals surface area contributed by atoms with Crippen molar-refractivity contribution in [2.45, 2.75) is 19.8 Å². The monoisotopic (exact) mass is 442 g/mol. The highest BCUT2D eigenvalue weighted by Crippen LogP contribution is 2.20. The quantitative estimate of drug-likeness (QED) is 0.426. The molecule has 9 heteroatoms. The maximum Gasteiger partial charge on any atom is 0.336 e. The Labute approximate surface area is 187 Å². The van der Waals surface area contributed by atoms with Crippen LogP contribution in [0.2, 0.25) is 0 Å². The Morgan fingerprint density at radius 3 is 2.81 bits per heavy atom. The van der Waals surface area contributed by atoms with E-state index in [0.717, 1.165) is 33.2 Å². The van der Waals surface area contributed by atoms with Gasteiger partial charge in [0.05, 0.1) is 22.5 Å². The average Bonchev–Trinajstić information content (AvgIpc) is 3.44. The molecule has 5 aromatic rings. The van der Waals surface area contributed by atoms with Crippen LogP contribution in [0.1, 0.15) is 38.1 Å². The molecule has 0 saturated heterocycles. The lowest BCUT2D eigenvalue weighted by atomic mass is 10.2. The second-order valence-corrected chi connectivity index (χ2v) is 8.30. The van der Waals surface area contributed by atoms with Gasteiger partial charge in [0.15, 0.2) is 5.82 Å². The molecule has 0 spiro atoms. The zero-order valence-electron chi connectivity index (χ0n) is 17.1. The van der Waals surface area contributed by atoms with Crippen molar-refractivity contribution in [2.75, 3.05) is 0 Å². The third kappa shape index (κ3) is 4.10. The molecule has 0 saturated carbocycles. The van der Waals surface area contributed by atoms with Crippen molar-refractivity contribution in [1.29, 1.82) is 0 Å². The van der Waals surface area contributed by atoms with Crippen LogP contribution in [0.3, 0.4) is 0 Å². The average molecular weight is 443 g/mol. The molecule has 0 radical (unpaired) electrons. The Bertz CT molecular complexity index is 1440. The van der Waals surface area contributed by atoms with E-state index in [9.17, 15) is 4.79 Å². The smallest absolute Gasteiger partial charge is 0.336 e. The number of hydrogen-bond donors (Lipinski definition) is 1. The summed E-state index contributed by atoms with van der Waals surface area (Å²) in [5.74, 6) is 0.268. The summed E-state index contributed by atoms with van der Waals surface area (Å²) >= 11 is 1.39. The highest BCUT2D eigenvalue weighted by Gasteiger charge is 2.13. The fourth-order valence-electron chi connectivity index (χ4n) is 3.44. The molecule has 5 rings (SSSR count). The molecule has 8 nitrogen and oxygen atoms in total. The number of nitrogens with zero attached hydrogens (tertiary/aromatic N) is 6. The van der Waals surface area contributed by atoms with Crippen molar-refractivity contribution >= 4 is 22.8 Å². The third-order valence-corrected chi connectivity index (χ3v) is 5.87. The molecule has 0 aliphatic heterocycles. The second kappa shape index (κ2) is 8.27. The summed E-state index contributed by atoms with van der Waals surface area (Å²) in [6, 6.07) is 13.2. The zero-order valence-corrected chi connectivity index (χ0v) is 18.0. The molecule has 32 heavy (non-hydrogen) atoms. The van der Waals surface area contributed by atoms with Gasteiger partial charge in [-0.1, -0.05) is 6.07 Å². The number of aromatic carboxylic acids is 1. The number of aryl methyl sites for hydroxylation is 1. The van der Waals surface area contributed by atoms with Crippen molar-refractivity contribution in [3.05, 3.63) is 93.6 Å². The standard InChI is InChI=1S/C23H18N6O2S/c1-14-4-2-5-18(25-14)22-27-19(20-6-3-9-29(20)28-22)11-16-7-8-24-21(26-16)12-17-10-15(13-32-17)23(30)31/h2-10,13H,11-12H2,1H3,(H,30,31). The molecule has 0 bridgehead atoms. The summed E-state index contributed by atoms with van der Waals surface area (Å²) in [4.78, 5) is 30.4. The van der Waals surface area contributed by atoms with Gasteiger partial charge < -0.3 is 5.11 Å². The maximum atomic E-state index is 11.1. The number of aromatic nitrogens is 6. The van der Waals surface area contributed by atoms with Crippen LogP contribution in [-0.2, 0) is 12.8 Å². The van der Waals surface area contributed by atoms with Crippen molar-refractivity contribution < 1.29 is 9.90 Å². The molecule has 0 aliphatic carbocycles. The number of hydrogen-bond acceptors (Lipinski definition) is 7. The fourth-order valence-corrected chi connectivity index (χ4v) is 4.30. The minimum atomic E-state index is -0.930. The molecule has 0 unspecified atom stereocenters. The summed E-state index contributed by atoms with van der Waals surface area (Å²) in [5.41, 5.74) is 4.49. The molecule has 5 heterocycles. The van der Waals surface area contributed by atoms with E-state index in [1.807, 2.05) is 54.0 Å². The normalized spacial score (nSPS) is 11.2. The largest absolute Gasteiger partial charge is 0.478 e. The first-order valence-corrected chi connectivity index (χ1v) is 10.8. The number of fused-ring (bicyclic) bond motifs is 1. The highest BCUT2D eigenvalue weighted by molar-refractivity contribution is 7.10. The molecular formula is C23H18N6O2S. The van der Waals surface area contributed by atoms with Gasteiger partial charge in [-0.15, -0.1) is 16.4 Å². The Balaban J connectivity index is 1.46.